The molecule has 0 saturated carbocycles. The van der Waals surface area contributed by atoms with E-state index in [1.165, 1.54) is 6.07 Å². The van der Waals surface area contributed by atoms with Gasteiger partial charge in [0.1, 0.15) is 11.3 Å². The monoisotopic (exact) mass is 326 g/mol. The third kappa shape index (κ3) is 3.42. The molecule has 0 aliphatic heterocycles. The first-order chi connectivity index (χ1) is 10.8. The van der Waals surface area contributed by atoms with E-state index in [1.54, 1.807) is 0 Å². The Kier molecular flexibility index (Phi) is 3.68. The largest absolute Gasteiger partial charge is 0.423 e. The zero-order valence-electron chi connectivity index (χ0n) is 12.3. The van der Waals surface area contributed by atoms with Gasteiger partial charge in [-0.05, 0) is 32.3 Å². The average Bonchev–Trinajstić information content (AvgIpc) is 3.02. The van der Waals surface area contributed by atoms with Crippen LogP contribution in [0.2, 0.25) is 0 Å². The first-order valence-corrected chi connectivity index (χ1v) is 6.62. The van der Waals surface area contributed by atoms with Gasteiger partial charge in [0.05, 0.1) is 12.1 Å². The predicted molar refractivity (Wildman–Crippen MR) is 76.1 cm³/mol. The SMILES string of the molecule is CN(C)Cc1nnc(Nc2nc3cc(C(F)(F)F)ccc3o2)[nH]1. The quantitative estimate of drug-likeness (QED) is 0.767. The van der Waals surface area contributed by atoms with Crippen LogP contribution in [0.4, 0.5) is 25.1 Å². The van der Waals surface area contributed by atoms with E-state index in [-0.39, 0.29) is 17.1 Å². The second kappa shape index (κ2) is 5.54. The maximum Gasteiger partial charge on any atom is 0.416 e. The van der Waals surface area contributed by atoms with Crippen molar-refractivity contribution >= 4 is 23.1 Å². The molecule has 7 nitrogen and oxygen atoms in total. The standard InChI is InChI=1S/C13H13F3N6O/c1-22(2)6-10-18-11(21-20-10)19-12-17-8-5-7(13(14,15)16)3-4-9(8)23-12/h3-5H,6H2,1-2H3,(H2,17,18,19,20,21). The van der Waals surface area contributed by atoms with E-state index in [2.05, 4.69) is 25.5 Å². The predicted octanol–water partition coefficient (Wildman–Crippen LogP) is 2.77. The van der Waals surface area contributed by atoms with Gasteiger partial charge >= 0.3 is 12.2 Å². The smallest absolute Gasteiger partial charge is 0.416 e. The van der Waals surface area contributed by atoms with Crippen molar-refractivity contribution in [3.05, 3.63) is 29.6 Å². The molecule has 0 fully saturated rings. The topological polar surface area (TPSA) is 82.9 Å². The van der Waals surface area contributed by atoms with Gasteiger partial charge in [-0.1, -0.05) is 0 Å². The van der Waals surface area contributed by atoms with Gasteiger partial charge < -0.3 is 14.3 Å². The molecule has 1 aromatic carbocycles. The van der Waals surface area contributed by atoms with Crippen molar-refractivity contribution in [2.24, 2.45) is 0 Å². The highest BCUT2D eigenvalue weighted by atomic mass is 19.4. The number of benzene rings is 1. The second-order valence-electron chi connectivity index (χ2n) is 5.18. The minimum Gasteiger partial charge on any atom is -0.423 e. The third-order valence-corrected chi connectivity index (χ3v) is 2.94. The maximum atomic E-state index is 12.7. The molecule has 2 aromatic heterocycles. The highest BCUT2D eigenvalue weighted by molar-refractivity contribution is 5.75. The van der Waals surface area contributed by atoms with Gasteiger partial charge in [0.25, 0.3) is 0 Å². The van der Waals surface area contributed by atoms with Gasteiger partial charge in [0.15, 0.2) is 5.58 Å². The molecule has 0 unspecified atom stereocenters. The summed E-state index contributed by atoms with van der Waals surface area (Å²) >= 11 is 0. The molecule has 0 spiro atoms. The zero-order valence-corrected chi connectivity index (χ0v) is 12.3. The van der Waals surface area contributed by atoms with E-state index in [1.807, 2.05) is 19.0 Å². The van der Waals surface area contributed by atoms with Crippen molar-refractivity contribution < 1.29 is 17.6 Å². The number of rotatable bonds is 4. The lowest BCUT2D eigenvalue weighted by molar-refractivity contribution is -0.137. The third-order valence-electron chi connectivity index (χ3n) is 2.94. The fraction of sp³-hybridized carbons (Fsp3) is 0.308. The molecular formula is C13H13F3N6O. The van der Waals surface area contributed by atoms with E-state index in [0.717, 1.165) is 12.1 Å². The van der Waals surface area contributed by atoms with Crippen molar-refractivity contribution in [3.63, 3.8) is 0 Å². The van der Waals surface area contributed by atoms with Gasteiger partial charge in [-0.25, -0.2) is 0 Å². The van der Waals surface area contributed by atoms with Crippen LogP contribution in [0, 0.1) is 0 Å². The Hall–Kier alpha value is -2.62. The lowest BCUT2D eigenvalue weighted by atomic mass is 10.2. The molecule has 0 aliphatic rings. The number of hydrogen-bond acceptors (Lipinski definition) is 6. The van der Waals surface area contributed by atoms with Crippen LogP contribution in [0.15, 0.2) is 22.6 Å². The van der Waals surface area contributed by atoms with Crippen LogP contribution in [-0.2, 0) is 12.7 Å². The minimum atomic E-state index is -4.42. The molecule has 0 saturated heterocycles. The minimum absolute atomic E-state index is 0.0341. The number of oxazole rings is 1. The first kappa shape index (κ1) is 15.3. The van der Waals surface area contributed by atoms with Crippen molar-refractivity contribution in [2.45, 2.75) is 12.7 Å². The summed E-state index contributed by atoms with van der Waals surface area (Å²) in [6, 6.07) is 3.14. The first-order valence-electron chi connectivity index (χ1n) is 6.62. The summed E-state index contributed by atoms with van der Waals surface area (Å²) < 4.78 is 43.4. The van der Waals surface area contributed by atoms with Crippen LogP contribution in [0.1, 0.15) is 11.4 Å². The van der Waals surface area contributed by atoms with Gasteiger partial charge in [-0.2, -0.15) is 18.2 Å². The van der Waals surface area contributed by atoms with Gasteiger partial charge in [0.2, 0.25) is 5.95 Å². The normalized spacial score (nSPS) is 12.3. The molecule has 10 heteroatoms. The summed E-state index contributed by atoms with van der Waals surface area (Å²) in [7, 11) is 3.77. The number of aromatic amines is 1. The molecule has 2 N–H and O–H groups in total. The van der Waals surface area contributed by atoms with Crippen molar-refractivity contribution in [3.8, 4) is 0 Å². The van der Waals surface area contributed by atoms with Crippen LogP contribution >= 0.6 is 0 Å². The summed E-state index contributed by atoms with van der Waals surface area (Å²) in [5.41, 5.74) is -0.429. The van der Waals surface area contributed by atoms with E-state index >= 15 is 0 Å². The molecule has 122 valence electrons. The number of aromatic nitrogens is 4. The van der Waals surface area contributed by atoms with Gasteiger partial charge in [0, 0.05) is 0 Å². The Labute approximate surface area is 128 Å². The second-order valence-corrected chi connectivity index (χ2v) is 5.18. The zero-order chi connectivity index (χ0) is 16.6. The van der Waals surface area contributed by atoms with E-state index in [9.17, 15) is 13.2 Å². The van der Waals surface area contributed by atoms with E-state index in [0.29, 0.717) is 18.3 Å². The van der Waals surface area contributed by atoms with Crippen LogP contribution in [0.5, 0.6) is 0 Å². The number of fused-ring (bicyclic) bond motifs is 1. The Bertz CT molecular complexity index is 823. The average molecular weight is 326 g/mol. The molecule has 0 aliphatic carbocycles. The van der Waals surface area contributed by atoms with E-state index < -0.39 is 11.7 Å². The molecule has 0 atom stereocenters. The van der Waals surface area contributed by atoms with Crippen LogP contribution < -0.4 is 5.32 Å². The Balaban J connectivity index is 1.82. The van der Waals surface area contributed by atoms with Crippen LogP contribution in [0.3, 0.4) is 0 Å². The molecule has 2 heterocycles. The number of nitrogens with zero attached hydrogens (tertiary/aromatic N) is 4. The lowest BCUT2D eigenvalue weighted by Gasteiger charge is -2.04. The summed E-state index contributed by atoms with van der Waals surface area (Å²) in [4.78, 5) is 8.80. The van der Waals surface area contributed by atoms with Gasteiger partial charge in [-0.15, -0.1) is 10.2 Å². The summed E-state index contributed by atoms with van der Waals surface area (Å²) in [6.07, 6.45) is -4.42. The van der Waals surface area contributed by atoms with Gasteiger partial charge in [-0.3, -0.25) is 5.32 Å². The molecular weight excluding hydrogens is 313 g/mol. The lowest BCUT2D eigenvalue weighted by Crippen LogP contribution is -2.11. The maximum absolute atomic E-state index is 12.7. The highest BCUT2D eigenvalue weighted by Gasteiger charge is 2.31. The Morgan fingerprint density at radius 1 is 1.26 bits per heavy atom. The number of hydrogen-bond donors (Lipinski definition) is 2. The highest BCUT2D eigenvalue weighted by Crippen LogP contribution is 2.32. The molecule has 3 rings (SSSR count). The number of anilines is 2. The molecule has 0 bridgehead atoms. The van der Waals surface area contributed by atoms with Crippen LogP contribution in [0.25, 0.3) is 11.1 Å². The molecule has 3 aromatic rings. The Morgan fingerprint density at radius 3 is 2.74 bits per heavy atom. The van der Waals surface area contributed by atoms with Crippen molar-refractivity contribution in [2.75, 3.05) is 19.4 Å². The van der Waals surface area contributed by atoms with Crippen molar-refractivity contribution in [1.29, 1.82) is 0 Å². The summed E-state index contributed by atoms with van der Waals surface area (Å²) in [5, 5.41) is 10.5. The Morgan fingerprint density at radius 2 is 2.04 bits per heavy atom. The van der Waals surface area contributed by atoms with Crippen molar-refractivity contribution in [1.82, 2.24) is 25.1 Å². The van der Waals surface area contributed by atoms with Crippen LogP contribution in [-0.4, -0.2) is 39.2 Å². The molecule has 23 heavy (non-hydrogen) atoms. The molecule has 0 amide bonds. The number of nitrogens with one attached hydrogen (secondary N) is 2. The number of H-pyrrole nitrogens is 1. The fourth-order valence-corrected chi connectivity index (χ4v) is 1.98. The number of alkyl halides is 3. The summed E-state index contributed by atoms with van der Waals surface area (Å²) in [6.45, 7) is 0.567. The number of halogens is 3. The van der Waals surface area contributed by atoms with E-state index in [4.69, 9.17) is 4.42 Å². The fourth-order valence-electron chi connectivity index (χ4n) is 1.98. The molecule has 0 radical (unpaired) electrons. The summed E-state index contributed by atoms with van der Waals surface area (Å²) in [5.74, 6) is 0.928.